The van der Waals surface area contributed by atoms with Gasteiger partial charge < -0.3 is 4.42 Å². The van der Waals surface area contributed by atoms with Crippen LogP contribution in [0.3, 0.4) is 0 Å². The van der Waals surface area contributed by atoms with Gasteiger partial charge in [0.25, 0.3) is 0 Å². The van der Waals surface area contributed by atoms with Gasteiger partial charge in [-0.05, 0) is 66.6 Å². The third-order valence-electron chi connectivity index (χ3n) is 6.41. The lowest BCUT2D eigenvalue weighted by Gasteiger charge is -2.18. The van der Waals surface area contributed by atoms with Gasteiger partial charge in [0, 0.05) is 28.3 Å². The van der Waals surface area contributed by atoms with Crippen LogP contribution in [0.1, 0.15) is 37.5 Å². The van der Waals surface area contributed by atoms with Crippen molar-refractivity contribution in [2.45, 2.75) is 41.0 Å². The van der Waals surface area contributed by atoms with Crippen molar-refractivity contribution in [3.63, 3.8) is 0 Å². The van der Waals surface area contributed by atoms with Gasteiger partial charge in [-0.1, -0.05) is 45.0 Å². The Kier molecular flexibility index (Phi) is 4.44. The van der Waals surface area contributed by atoms with Crippen LogP contribution in [0.15, 0.2) is 65.1 Å². The summed E-state index contributed by atoms with van der Waals surface area (Å²) in [6.07, 6.45) is 1.07. The van der Waals surface area contributed by atoms with E-state index < -0.39 is 0 Å². The van der Waals surface area contributed by atoms with Gasteiger partial charge in [0.05, 0.1) is 5.56 Å². The minimum Gasteiger partial charge on any atom is -0.455 e. The van der Waals surface area contributed by atoms with E-state index in [1.165, 1.54) is 49.6 Å². The van der Waals surface area contributed by atoms with E-state index in [-0.39, 0.29) is 5.41 Å². The predicted molar refractivity (Wildman–Crippen MR) is 130 cm³/mol. The molecule has 2 heterocycles. The first-order valence-electron chi connectivity index (χ1n) is 11.1. The lowest BCUT2D eigenvalue weighted by Crippen LogP contribution is -2.32. The molecule has 3 aromatic carbocycles. The number of aryl methyl sites for hydroxylation is 2. The first-order chi connectivity index (χ1) is 14.7. The van der Waals surface area contributed by atoms with Gasteiger partial charge in [-0.15, -0.1) is 0 Å². The zero-order chi connectivity index (χ0) is 21.9. The largest absolute Gasteiger partial charge is 0.455 e. The summed E-state index contributed by atoms with van der Waals surface area (Å²) >= 11 is 0. The zero-order valence-corrected chi connectivity index (χ0v) is 19.3. The highest BCUT2D eigenvalue weighted by molar-refractivity contribution is 6.10. The van der Waals surface area contributed by atoms with Crippen LogP contribution in [-0.4, -0.2) is 0 Å². The number of fused-ring (bicyclic) bond motifs is 4. The molecule has 31 heavy (non-hydrogen) atoms. The standard InChI is InChI=1S/C29H30NO/c1-18-15-23-22-9-7-8-10-26(22)31-28(23)27(19(18)2)25-14-12-21-16-20(17-29(3,4)5)11-13-24(21)30(25)6/h7-16H,17H2,1-6H3/q+1. The van der Waals surface area contributed by atoms with Crippen molar-refractivity contribution in [1.29, 1.82) is 0 Å². The molecule has 2 nitrogen and oxygen atoms in total. The number of furan rings is 1. The number of hydrogen-bond acceptors (Lipinski definition) is 1. The van der Waals surface area contributed by atoms with Crippen molar-refractivity contribution < 1.29 is 8.98 Å². The Bertz CT molecular complexity index is 1460. The smallest absolute Gasteiger partial charge is 0.216 e. The Morgan fingerprint density at radius 1 is 0.871 bits per heavy atom. The Hall–Kier alpha value is -3.13. The van der Waals surface area contributed by atoms with Crippen LogP contribution in [0, 0.1) is 19.3 Å². The molecule has 5 aromatic rings. The highest BCUT2D eigenvalue weighted by atomic mass is 16.3. The summed E-state index contributed by atoms with van der Waals surface area (Å²) in [5.74, 6) is 0. The molecule has 0 aliphatic rings. The third kappa shape index (κ3) is 3.31. The van der Waals surface area contributed by atoms with Gasteiger partial charge in [0.1, 0.15) is 18.2 Å². The average molecular weight is 409 g/mol. The number of para-hydroxylation sites is 1. The van der Waals surface area contributed by atoms with Crippen molar-refractivity contribution in [2.75, 3.05) is 0 Å². The lowest BCUT2D eigenvalue weighted by molar-refractivity contribution is -0.633. The number of pyridine rings is 1. The molecule has 0 atom stereocenters. The minimum atomic E-state index is 0.279. The Morgan fingerprint density at radius 3 is 2.42 bits per heavy atom. The van der Waals surface area contributed by atoms with Crippen molar-refractivity contribution in [2.24, 2.45) is 12.5 Å². The van der Waals surface area contributed by atoms with Crippen LogP contribution in [0.4, 0.5) is 0 Å². The van der Waals surface area contributed by atoms with Crippen molar-refractivity contribution in [3.8, 4) is 11.3 Å². The number of benzene rings is 3. The topological polar surface area (TPSA) is 17.0 Å². The molecule has 0 spiro atoms. The first-order valence-corrected chi connectivity index (χ1v) is 11.1. The summed E-state index contributed by atoms with van der Waals surface area (Å²) < 4.78 is 8.71. The molecular weight excluding hydrogens is 378 g/mol. The molecular formula is C29H30NO+. The maximum absolute atomic E-state index is 6.40. The zero-order valence-electron chi connectivity index (χ0n) is 19.3. The maximum atomic E-state index is 6.40. The molecule has 2 heteroatoms. The van der Waals surface area contributed by atoms with Gasteiger partial charge in [0.15, 0.2) is 0 Å². The van der Waals surface area contributed by atoms with E-state index in [9.17, 15) is 0 Å². The van der Waals surface area contributed by atoms with Crippen molar-refractivity contribution >= 4 is 32.8 Å². The fourth-order valence-electron chi connectivity index (χ4n) is 4.82. The molecule has 0 radical (unpaired) electrons. The second-order valence-electron chi connectivity index (χ2n) is 10.1. The average Bonchev–Trinajstić information content (AvgIpc) is 3.07. The molecule has 156 valence electrons. The van der Waals surface area contributed by atoms with Gasteiger partial charge >= 0.3 is 0 Å². The monoisotopic (exact) mass is 408 g/mol. The molecule has 0 fully saturated rings. The van der Waals surface area contributed by atoms with E-state index in [4.69, 9.17) is 4.42 Å². The SMILES string of the molecule is Cc1cc2c(oc3ccccc32)c(-c2ccc3cc(CC(C)(C)C)ccc3[n+]2C)c1C. The summed E-state index contributed by atoms with van der Waals surface area (Å²) in [5.41, 5.74) is 9.75. The summed E-state index contributed by atoms with van der Waals surface area (Å²) in [5, 5.41) is 3.64. The molecule has 0 aliphatic heterocycles. The Balaban J connectivity index is 1.76. The molecule has 0 N–H and O–H groups in total. The molecule has 0 saturated carbocycles. The highest BCUT2D eigenvalue weighted by Crippen LogP contribution is 2.38. The van der Waals surface area contributed by atoms with Crippen LogP contribution in [0.25, 0.3) is 44.1 Å². The van der Waals surface area contributed by atoms with Crippen molar-refractivity contribution in [3.05, 3.63) is 77.4 Å². The summed E-state index contributed by atoms with van der Waals surface area (Å²) in [7, 11) is 2.16. The summed E-state index contributed by atoms with van der Waals surface area (Å²) in [4.78, 5) is 0. The number of hydrogen-bond donors (Lipinski definition) is 0. The summed E-state index contributed by atoms with van der Waals surface area (Å²) in [6.45, 7) is 11.3. The fourth-order valence-corrected chi connectivity index (χ4v) is 4.82. The molecule has 2 aromatic heterocycles. The van der Waals surface area contributed by atoms with E-state index in [0.29, 0.717) is 0 Å². The normalized spacial score (nSPS) is 12.3. The molecule has 5 rings (SSSR count). The fraction of sp³-hybridized carbons (Fsp3) is 0.276. The molecule has 0 aliphatic carbocycles. The van der Waals surface area contributed by atoms with E-state index in [1.54, 1.807) is 0 Å². The lowest BCUT2D eigenvalue weighted by atomic mass is 9.87. The van der Waals surface area contributed by atoms with Crippen molar-refractivity contribution in [1.82, 2.24) is 0 Å². The van der Waals surface area contributed by atoms with Crippen LogP contribution in [0.5, 0.6) is 0 Å². The van der Waals surface area contributed by atoms with E-state index in [1.807, 2.05) is 6.07 Å². The highest BCUT2D eigenvalue weighted by Gasteiger charge is 2.23. The van der Waals surface area contributed by atoms with Gasteiger partial charge in [-0.2, -0.15) is 4.57 Å². The quantitative estimate of drug-likeness (QED) is 0.277. The first kappa shape index (κ1) is 19.8. The maximum Gasteiger partial charge on any atom is 0.216 e. The van der Waals surface area contributed by atoms with Crippen LogP contribution < -0.4 is 4.57 Å². The van der Waals surface area contributed by atoms with Gasteiger partial charge in [0.2, 0.25) is 11.2 Å². The minimum absolute atomic E-state index is 0.279. The number of aromatic nitrogens is 1. The second kappa shape index (κ2) is 6.95. The van der Waals surface area contributed by atoms with E-state index >= 15 is 0 Å². The molecule has 0 bridgehead atoms. The Labute approximate surface area is 184 Å². The summed E-state index contributed by atoms with van der Waals surface area (Å²) in [6, 6.07) is 22.0. The van der Waals surface area contributed by atoms with Gasteiger partial charge in [-0.25, -0.2) is 0 Å². The van der Waals surface area contributed by atoms with Gasteiger partial charge in [-0.3, -0.25) is 0 Å². The Morgan fingerprint density at radius 2 is 1.65 bits per heavy atom. The second-order valence-corrected chi connectivity index (χ2v) is 10.1. The number of rotatable bonds is 2. The molecule has 0 amide bonds. The number of nitrogens with zero attached hydrogens (tertiary/aromatic N) is 1. The molecule has 0 unspecified atom stereocenters. The molecule has 0 saturated heterocycles. The van der Waals surface area contributed by atoms with Crippen LogP contribution in [-0.2, 0) is 13.5 Å². The predicted octanol–water partition coefficient (Wildman–Crippen LogP) is 7.44. The van der Waals surface area contributed by atoms with Crippen LogP contribution in [0.2, 0.25) is 0 Å². The van der Waals surface area contributed by atoms with Crippen LogP contribution >= 0.6 is 0 Å². The van der Waals surface area contributed by atoms with E-state index in [2.05, 4.69) is 101 Å². The third-order valence-corrected chi connectivity index (χ3v) is 6.41. The van der Waals surface area contributed by atoms with E-state index in [0.717, 1.165) is 17.6 Å².